The first-order valence-corrected chi connectivity index (χ1v) is 6.61. The summed E-state index contributed by atoms with van der Waals surface area (Å²) in [6, 6.07) is 8.96. The van der Waals surface area contributed by atoms with Crippen LogP contribution in [-0.4, -0.2) is 21.3 Å². The lowest BCUT2D eigenvalue weighted by molar-refractivity contribution is 0.377. The third-order valence-electron chi connectivity index (χ3n) is 2.92. The van der Waals surface area contributed by atoms with Crippen LogP contribution in [0.4, 0.5) is 0 Å². The molecule has 3 nitrogen and oxygen atoms in total. The van der Waals surface area contributed by atoms with Crippen LogP contribution in [0.3, 0.4) is 0 Å². The van der Waals surface area contributed by atoms with Gasteiger partial charge in [-0.15, -0.1) is 0 Å². The number of rotatable bonds is 4. The second kappa shape index (κ2) is 6.25. The lowest BCUT2D eigenvalue weighted by Gasteiger charge is -2.15. The maximum Gasteiger partial charge on any atom is 0.134 e. The van der Waals surface area contributed by atoms with Crippen molar-refractivity contribution in [2.75, 3.05) is 21.3 Å². The van der Waals surface area contributed by atoms with E-state index in [1.54, 1.807) is 45.6 Å². The molecule has 20 heavy (non-hydrogen) atoms. The summed E-state index contributed by atoms with van der Waals surface area (Å²) in [6.45, 7) is 0. The van der Waals surface area contributed by atoms with Gasteiger partial charge < -0.3 is 14.2 Å². The van der Waals surface area contributed by atoms with Crippen LogP contribution in [-0.2, 0) is 0 Å². The molecular formula is C15H14Cl2O3. The number of benzene rings is 2. The Morgan fingerprint density at radius 3 is 1.80 bits per heavy atom. The average Bonchev–Trinajstić information content (AvgIpc) is 2.48. The molecule has 0 bridgehead atoms. The predicted molar refractivity (Wildman–Crippen MR) is 81.6 cm³/mol. The molecule has 0 N–H and O–H groups in total. The topological polar surface area (TPSA) is 27.7 Å². The third kappa shape index (κ3) is 2.79. The van der Waals surface area contributed by atoms with Crippen LogP contribution < -0.4 is 14.2 Å². The number of methoxy groups -OCH3 is 3. The molecule has 0 radical (unpaired) electrons. The number of halogens is 2. The molecule has 0 saturated heterocycles. The molecule has 0 aromatic heterocycles. The number of hydrogen-bond acceptors (Lipinski definition) is 3. The van der Waals surface area contributed by atoms with Crippen LogP contribution in [0.5, 0.6) is 17.2 Å². The monoisotopic (exact) mass is 312 g/mol. The number of hydrogen-bond donors (Lipinski definition) is 0. The normalized spacial score (nSPS) is 10.2. The highest BCUT2D eigenvalue weighted by molar-refractivity contribution is 6.42. The highest BCUT2D eigenvalue weighted by atomic mass is 35.5. The zero-order valence-corrected chi connectivity index (χ0v) is 12.9. The first kappa shape index (κ1) is 14.8. The average molecular weight is 313 g/mol. The molecule has 5 heteroatoms. The van der Waals surface area contributed by atoms with Gasteiger partial charge in [0.2, 0.25) is 0 Å². The molecule has 0 aliphatic heterocycles. The van der Waals surface area contributed by atoms with E-state index in [1.165, 1.54) is 0 Å². The van der Waals surface area contributed by atoms with Crippen molar-refractivity contribution in [2.24, 2.45) is 0 Å². The summed E-state index contributed by atoms with van der Waals surface area (Å²) < 4.78 is 16.1. The van der Waals surface area contributed by atoms with Crippen LogP contribution in [0.1, 0.15) is 0 Å². The Morgan fingerprint density at radius 2 is 1.35 bits per heavy atom. The van der Waals surface area contributed by atoms with Gasteiger partial charge >= 0.3 is 0 Å². The third-order valence-corrected chi connectivity index (χ3v) is 3.66. The summed E-state index contributed by atoms with van der Waals surface area (Å²) >= 11 is 12.0. The second-order valence-electron chi connectivity index (χ2n) is 4.04. The molecule has 0 fully saturated rings. The van der Waals surface area contributed by atoms with Crippen molar-refractivity contribution < 1.29 is 14.2 Å². The summed E-state index contributed by atoms with van der Waals surface area (Å²) in [7, 11) is 4.78. The van der Waals surface area contributed by atoms with Gasteiger partial charge in [-0.3, -0.25) is 0 Å². The molecule has 0 aliphatic rings. The van der Waals surface area contributed by atoms with E-state index in [9.17, 15) is 0 Å². The van der Waals surface area contributed by atoms with Gasteiger partial charge in [-0.1, -0.05) is 29.3 Å². The maximum atomic E-state index is 6.08. The van der Waals surface area contributed by atoms with E-state index < -0.39 is 0 Å². The highest BCUT2D eigenvalue weighted by Gasteiger charge is 2.16. The second-order valence-corrected chi connectivity index (χ2v) is 4.85. The summed E-state index contributed by atoms with van der Waals surface area (Å²) in [5.41, 5.74) is 1.66. The van der Waals surface area contributed by atoms with Crippen molar-refractivity contribution in [1.82, 2.24) is 0 Å². The maximum absolute atomic E-state index is 6.08. The van der Waals surface area contributed by atoms with Gasteiger partial charge in [0.25, 0.3) is 0 Å². The quantitative estimate of drug-likeness (QED) is 0.820. The number of ether oxygens (including phenoxy) is 3. The SMILES string of the molecule is COc1cc(OC)c(-c2ccc(Cl)c(Cl)c2)c(OC)c1. The largest absolute Gasteiger partial charge is 0.496 e. The molecule has 106 valence electrons. The van der Waals surface area contributed by atoms with E-state index in [-0.39, 0.29) is 0 Å². The fourth-order valence-electron chi connectivity index (χ4n) is 1.94. The van der Waals surface area contributed by atoms with Crippen molar-refractivity contribution in [2.45, 2.75) is 0 Å². The van der Waals surface area contributed by atoms with Crippen LogP contribution in [0.15, 0.2) is 30.3 Å². The molecule has 2 aromatic rings. The van der Waals surface area contributed by atoms with E-state index >= 15 is 0 Å². The van der Waals surface area contributed by atoms with Crippen molar-refractivity contribution in [1.29, 1.82) is 0 Å². The van der Waals surface area contributed by atoms with Gasteiger partial charge in [-0.2, -0.15) is 0 Å². The Kier molecular flexibility index (Phi) is 4.63. The van der Waals surface area contributed by atoms with Crippen molar-refractivity contribution >= 4 is 23.2 Å². The van der Waals surface area contributed by atoms with Crippen molar-refractivity contribution in [3.05, 3.63) is 40.4 Å². The first-order valence-electron chi connectivity index (χ1n) is 5.86. The molecule has 2 rings (SSSR count). The molecule has 0 saturated carbocycles. The van der Waals surface area contributed by atoms with Crippen LogP contribution in [0.2, 0.25) is 10.0 Å². The lowest BCUT2D eigenvalue weighted by atomic mass is 10.0. The predicted octanol–water partition coefficient (Wildman–Crippen LogP) is 4.69. The van der Waals surface area contributed by atoms with Gasteiger partial charge in [-0.25, -0.2) is 0 Å². The Labute approximate surface area is 128 Å². The Balaban J connectivity index is 2.67. The van der Waals surface area contributed by atoms with Gasteiger partial charge in [0.05, 0.1) is 36.9 Å². The lowest BCUT2D eigenvalue weighted by Crippen LogP contribution is -1.95. The zero-order chi connectivity index (χ0) is 14.7. The van der Waals surface area contributed by atoms with Crippen LogP contribution in [0, 0.1) is 0 Å². The molecule has 0 heterocycles. The van der Waals surface area contributed by atoms with Crippen molar-refractivity contribution in [3.8, 4) is 28.4 Å². The Hall–Kier alpha value is -1.58. The van der Waals surface area contributed by atoms with E-state index in [1.807, 2.05) is 6.07 Å². The van der Waals surface area contributed by atoms with Crippen LogP contribution in [0.25, 0.3) is 11.1 Å². The van der Waals surface area contributed by atoms with E-state index in [0.29, 0.717) is 27.3 Å². The first-order chi connectivity index (χ1) is 9.60. The minimum Gasteiger partial charge on any atom is -0.496 e. The van der Waals surface area contributed by atoms with Gasteiger partial charge in [0.15, 0.2) is 0 Å². The fraction of sp³-hybridized carbons (Fsp3) is 0.200. The van der Waals surface area contributed by atoms with Gasteiger partial charge in [0.1, 0.15) is 17.2 Å². The van der Waals surface area contributed by atoms with Crippen LogP contribution >= 0.6 is 23.2 Å². The smallest absolute Gasteiger partial charge is 0.134 e. The summed E-state index contributed by atoms with van der Waals surface area (Å²) in [4.78, 5) is 0. The Bertz CT molecular complexity index is 602. The highest BCUT2D eigenvalue weighted by Crippen LogP contribution is 2.43. The van der Waals surface area contributed by atoms with Gasteiger partial charge in [0, 0.05) is 12.1 Å². The molecule has 0 unspecified atom stereocenters. The fourth-order valence-corrected chi connectivity index (χ4v) is 2.24. The summed E-state index contributed by atoms with van der Waals surface area (Å²) in [6.07, 6.45) is 0. The minimum atomic E-state index is 0.476. The zero-order valence-electron chi connectivity index (χ0n) is 11.4. The minimum absolute atomic E-state index is 0.476. The molecular weight excluding hydrogens is 299 g/mol. The van der Waals surface area contributed by atoms with Gasteiger partial charge in [-0.05, 0) is 17.7 Å². The van der Waals surface area contributed by atoms with E-state index in [2.05, 4.69) is 0 Å². The molecule has 0 atom stereocenters. The summed E-state index contributed by atoms with van der Waals surface area (Å²) in [5.74, 6) is 1.93. The standard InChI is InChI=1S/C15H14Cl2O3/c1-18-10-7-13(19-2)15(14(8-10)20-3)9-4-5-11(16)12(17)6-9/h4-8H,1-3H3. The summed E-state index contributed by atoms with van der Waals surface area (Å²) in [5, 5.41) is 0.978. The Morgan fingerprint density at radius 1 is 0.750 bits per heavy atom. The molecule has 0 aliphatic carbocycles. The van der Waals surface area contributed by atoms with E-state index in [0.717, 1.165) is 11.1 Å². The molecule has 0 spiro atoms. The molecule has 2 aromatic carbocycles. The van der Waals surface area contributed by atoms with Crippen molar-refractivity contribution in [3.63, 3.8) is 0 Å². The van der Waals surface area contributed by atoms with E-state index in [4.69, 9.17) is 37.4 Å². The molecule has 0 amide bonds.